The van der Waals surface area contributed by atoms with Crippen LogP contribution in [0.15, 0.2) is 30.5 Å². The highest BCUT2D eigenvalue weighted by Gasteiger charge is 2.25. The van der Waals surface area contributed by atoms with Gasteiger partial charge in [-0.1, -0.05) is 18.2 Å². The first-order chi connectivity index (χ1) is 10.3. The minimum atomic E-state index is 0.216. The van der Waals surface area contributed by atoms with Gasteiger partial charge in [-0.3, -0.25) is 4.79 Å². The molecule has 4 N–H and O–H groups in total. The van der Waals surface area contributed by atoms with Gasteiger partial charge in [-0.25, -0.2) is 0 Å². The van der Waals surface area contributed by atoms with E-state index in [9.17, 15) is 4.79 Å². The van der Waals surface area contributed by atoms with E-state index < -0.39 is 0 Å². The number of aromatic nitrogens is 1. The number of benzene rings is 1. The van der Waals surface area contributed by atoms with Gasteiger partial charge in [0.2, 0.25) is 5.78 Å². The average Bonchev–Trinajstić information content (AvgIpc) is 2.93. The standard InChI is InChI=1S/C16H21N3O2/c20-10-9-18-5-7-19(8-6-18)12-16(21)14-11-17-15-4-2-1-3-13(14)15/h1-4,11,17,20H,5-10,12H2/p+2. The van der Waals surface area contributed by atoms with Gasteiger partial charge in [-0.15, -0.1) is 0 Å². The number of H-pyrrole nitrogens is 1. The summed E-state index contributed by atoms with van der Waals surface area (Å²) in [6.07, 6.45) is 1.83. The Labute approximate surface area is 124 Å². The molecule has 1 fully saturated rings. The van der Waals surface area contributed by atoms with Crippen LogP contribution in [0, 0.1) is 0 Å². The number of Topliss-reactive ketones (excluding diaryl/α,β-unsaturated/α-hetero) is 1. The number of carbonyl (C=O) groups is 1. The van der Waals surface area contributed by atoms with Gasteiger partial charge < -0.3 is 19.9 Å². The molecule has 0 spiro atoms. The monoisotopic (exact) mass is 289 g/mol. The maximum Gasteiger partial charge on any atom is 0.219 e. The summed E-state index contributed by atoms with van der Waals surface area (Å²) in [6, 6.07) is 7.94. The quantitative estimate of drug-likeness (QED) is 0.487. The van der Waals surface area contributed by atoms with Crippen LogP contribution in [0.4, 0.5) is 0 Å². The lowest BCUT2D eigenvalue weighted by atomic mass is 10.1. The van der Waals surface area contributed by atoms with Crippen LogP contribution in [0.1, 0.15) is 10.4 Å². The molecule has 21 heavy (non-hydrogen) atoms. The Morgan fingerprint density at radius 2 is 1.86 bits per heavy atom. The number of rotatable bonds is 5. The third kappa shape index (κ3) is 3.15. The first kappa shape index (κ1) is 14.3. The Kier molecular flexibility index (Phi) is 4.34. The largest absolute Gasteiger partial charge is 0.391 e. The second-order valence-electron chi connectivity index (χ2n) is 5.82. The number of nitrogens with one attached hydrogen (secondary N) is 3. The zero-order valence-corrected chi connectivity index (χ0v) is 12.2. The second-order valence-corrected chi connectivity index (χ2v) is 5.82. The third-order valence-electron chi connectivity index (χ3n) is 4.43. The number of fused-ring (bicyclic) bond motifs is 1. The molecule has 0 saturated carbocycles. The van der Waals surface area contributed by atoms with E-state index in [0.29, 0.717) is 6.54 Å². The fraction of sp³-hybridized carbons (Fsp3) is 0.438. The Bertz CT molecular complexity index is 615. The molecule has 0 unspecified atom stereocenters. The van der Waals surface area contributed by atoms with E-state index in [0.717, 1.165) is 49.2 Å². The van der Waals surface area contributed by atoms with E-state index in [2.05, 4.69) is 4.98 Å². The van der Waals surface area contributed by atoms with E-state index >= 15 is 0 Å². The number of ketones is 1. The summed E-state index contributed by atoms with van der Waals surface area (Å²) in [5.41, 5.74) is 1.83. The van der Waals surface area contributed by atoms with Crippen LogP contribution >= 0.6 is 0 Å². The number of quaternary nitrogens is 2. The van der Waals surface area contributed by atoms with Gasteiger partial charge in [0.15, 0.2) is 0 Å². The van der Waals surface area contributed by atoms with Gasteiger partial charge >= 0.3 is 0 Å². The molecule has 0 bridgehead atoms. The summed E-state index contributed by atoms with van der Waals surface area (Å²) in [7, 11) is 0. The van der Waals surface area contributed by atoms with Crippen LogP contribution in [0.25, 0.3) is 10.9 Å². The van der Waals surface area contributed by atoms with Gasteiger partial charge in [0.05, 0.1) is 6.61 Å². The van der Waals surface area contributed by atoms with Gasteiger partial charge in [-0.05, 0) is 6.07 Å². The molecule has 1 aliphatic heterocycles. The Morgan fingerprint density at radius 3 is 2.62 bits per heavy atom. The van der Waals surface area contributed by atoms with Crippen LogP contribution < -0.4 is 9.80 Å². The first-order valence-electron chi connectivity index (χ1n) is 7.65. The number of aromatic amines is 1. The highest BCUT2D eigenvalue weighted by atomic mass is 16.3. The van der Waals surface area contributed by atoms with Crippen LogP contribution in [0.5, 0.6) is 0 Å². The normalized spacial score (nSPS) is 22.5. The van der Waals surface area contributed by atoms with Crippen molar-refractivity contribution >= 4 is 16.7 Å². The van der Waals surface area contributed by atoms with Crippen LogP contribution in [-0.2, 0) is 0 Å². The van der Waals surface area contributed by atoms with Crippen molar-refractivity contribution in [3.05, 3.63) is 36.0 Å². The molecule has 0 radical (unpaired) electrons. The maximum absolute atomic E-state index is 12.5. The molecular formula is C16H23N3O2+2. The molecule has 5 nitrogen and oxygen atoms in total. The third-order valence-corrected chi connectivity index (χ3v) is 4.43. The lowest BCUT2D eigenvalue weighted by Gasteiger charge is -2.28. The van der Waals surface area contributed by atoms with Gasteiger partial charge in [0.25, 0.3) is 0 Å². The summed E-state index contributed by atoms with van der Waals surface area (Å²) in [6.45, 7) is 5.72. The maximum atomic E-state index is 12.5. The van der Waals surface area contributed by atoms with Crippen molar-refractivity contribution < 1.29 is 19.7 Å². The van der Waals surface area contributed by atoms with Crippen molar-refractivity contribution in [2.24, 2.45) is 0 Å². The Morgan fingerprint density at radius 1 is 1.14 bits per heavy atom. The average molecular weight is 289 g/mol. The van der Waals surface area contributed by atoms with E-state index in [4.69, 9.17) is 5.11 Å². The summed E-state index contributed by atoms with van der Waals surface area (Å²) in [5.74, 6) is 0.216. The van der Waals surface area contributed by atoms with Crippen molar-refractivity contribution in [2.75, 3.05) is 45.9 Å². The van der Waals surface area contributed by atoms with Crippen LogP contribution in [-0.4, -0.2) is 61.7 Å². The molecule has 2 heterocycles. The zero-order valence-electron chi connectivity index (χ0n) is 12.2. The molecule has 112 valence electrons. The van der Waals surface area contributed by atoms with Crippen molar-refractivity contribution in [2.45, 2.75) is 0 Å². The molecule has 3 rings (SSSR count). The van der Waals surface area contributed by atoms with Crippen LogP contribution in [0.3, 0.4) is 0 Å². The highest BCUT2D eigenvalue weighted by molar-refractivity contribution is 6.08. The fourth-order valence-corrected chi connectivity index (χ4v) is 3.17. The summed E-state index contributed by atoms with van der Waals surface area (Å²) < 4.78 is 0. The van der Waals surface area contributed by atoms with Crippen molar-refractivity contribution in [1.29, 1.82) is 0 Å². The first-order valence-corrected chi connectivity index (χ1v) is 7.65. The van der Waals surface area contributed by atoms with E-state index in [1.165, 1.54) is 9.80 Å². The van der Waals surface area contributed by atoms with E-state index in [1.54, 1.807) is 0 Å². The molecule has 0 atom stereocenters. The molecule has 5 heteroatoms. The lowest BCUT2D eigenvalue weighted by molar-refractivity contribution is -1.01. The molecular weight excluding hydrogens is 266 g/mol. The van der Waals surface area contributed by atoms with E-state index in [1.807, 2.05) is 30.5 Å². The molecule has 0 aliphatic carbocycles. The SMILES string of the molecule is O=C(C[NH+]1CC[NH+](CCO)CC1)c1c[nH]c2ccccc12. The number of carbonyl (C=O) groups excluding carboxylic acids is 1. The van der Waals surface area contributed by atoms with Crippen molar-refractivity contribution in [1.82, 2.24) is 4.98 Å². The molecule has 1 aromatic heterocycles. The smallest absolute Gasteiger partial charge is 0.219 e. The number of hydrogen-bond acceptors (Lipinski definition) is 2. The second kappa shape index (κ2) is 6.39. The molecule has 1 aliphatic rings. The highest BCUT2D eigenvalue weighted by Crippen LogP contribution is 2.17. The lowest BCUT2D eigenvalue weighted by Crippen LogP contribution is -3.28. The zero-order chi connectivity index (χ0) is 14.7. The van der Waals surface area contributed by atoms with Crippen LogP contribution in [0.2, 0.25) is 0 Å². The molecule has 2 aromatic rings. The number of hydrogen-bond donors (Lipinski definition) is 4. The van der Waals surface area contributed by atoms with Crippen molar-refractivity contribution in [3.63, 3.8) is 0 Å². The minimum Gasteiger partial charge on any atom is -0.391 e. The molecule has 0 amide bonds. The fourth-order valence-electron chi connectivity index (χ4n) is 3.17. The van der Waals surface area contributed by atoms with Gasteiger partial charge in [-0.2, -0.15) is 0 Å². The summed E-state index contributed by atoms with van der Waals surface area (Å²) in [4.78, 5) is 18.5. The molecule has 1 aromatic carbocycles. The summed E-state index contributed by atoms with van der Waals surface area (Å²) in [5, 5.41) is 9.99. The summed E-state index contributed by atoms with van der Waals surface area (Å²) >= 11 is 0. The number of piperazine rings is 1. The topological polar surface area (TPSA) is 62.0 Å². The number of para-hydroxylation sites is 1. The van der Waals surface area contributed by atoms with Crippen molar-refractivity contribution in [3.8, 4) is 0 Å². The number of aliphatic hydroxyl groups is 1. The molecule has 1 saturated heterocycles. The minimum absolute atomic E-state index is 0.216. The Balaban J connectivity index is 1.62. The predicted octanol–water partition coefficient (Wildman–Crippen LogP) is -1.87. The van der Waals surface area contributed by atoms with E-state index in [-0.39, 0.29) is 12.4 Å². The number of aliphatic hydroxyl groups excluding tert-OH is 1. The predicted molar refractivity (Wildman–Crippen MR) is 80.8 cm³/mol. The Hall–Kier alpha value is -1.69. The van der Waals surface area contributed by atoms with Gasteiger partial charge in [0, 0.05) is 22.7 Å². The van der Waals surface area contributed by atoms with Gasteiger partial charge in [0.1, 0.15) is 39.3 Å².